The molecule has 5 heteroatoms. The van der Waals surface area contributed by atoms with Crippen molar-refractivity contribution in [2.75, 3.05) is 6.61 Å². The Balaban J connectivity index is 1.98. The highest BCUT2D eigenvalue weighted by Crippen LogP contribution is 2.27. The Morgan fingerprint density at radius 3 is 3.06 bits per heavy atom. The Hall–Kier alpha value is -0.940. The van der Waals surface area contributed by atoms with Crippen LogP contribution in [0.25, 0.3) is 0 Å². The van der Waals surface area contributed by atoms with E-state index in [-0.39, 0.29) is 6.10 Å². The molecule has 2 atom stereocenters. The van der Waals surface area contributed by atoms with Gasteiger partial charge < -0.3 is 14.4 Å². The van der Waals surface area contributed by atoms with Crippen LogP contribution in [0.15, 0.2) is 4.52 Å². The number of rotatable bonds is 4. The molecule has 1 fully saturated rings. The van der Waals surface area contributed by atoms with Crippen LogP contribution in [0, 0.1) is 0 Å². The highest BCUT2D eigenvalue weighted by atomic mass is 16.5. The summed E-state index contributed by atoms with van der Waals surface area (Å²) in [5.74, 6) is 1.26. The Bertz CT molecular complexity index is 366. The maximum Gasteiger partial charge on any atom is 0.229 e. The van der Waals surface area contributed by atoms with Crippen LogP contribution >= 0.6 is 0 Å². The number of hydrogen-bond acceptors (Lipinski definition) is 5. The molecule has 1 saturated heterocycles. The van der Waals surface area contributed by atoms with E-state index in [4.69, 9.17) is 9.26 Å². The molecule has 0 bridgehead atoms. The minimum Gasteiger partial charge on any atom is -0.389 e. The van der Waals surface area contributed by atoms with E-state index in [9.17, 15) is 5.11 Å². The van der Waals surface area contributed by atoms with Crippen LogP contribution in [0.4, 0.5) is 0 Å². The molecular formula is C12H20N2O3. The monoisotopic (exact) mass is 240 g/mol. The lowest BCUT2D eigenvalue weighted by Crippen LogP contribution is -2.41. The lowest BCUT2D eigenvalue weighted by Gasteiger charge is -2.34. The first-order valence-corrected chi connectivity index (χ1v) is 6.27. The first kappa shape index (κ1) is 12.5. The third kappa shape index (κ3) is 3.26. The van der Waals surface area contributed by atoms with Gasteiger partial charge in [0.05, 0.1) is 18.1 Å². The smallest absolute Gasteiger partial charge is 0.229 e. The molecule has 17 heavy (non-hydrogen) atoms. The van der Waals surface area contributed by atoms with Crippen LogP contribution in [-0.4, -0.2) is 33.6 Å². The maximum atomic E-state index is 10.4. The summed E-state index contributed by atoms with van der Waals surface area (Å²) in [5, 5.41) is 14.3. The molecule has 0 saturated carbocycles. The standard InChI is InChI=1S/C12H20N2O3/c1-3-4-10-13-11(17-14-10)8-12(15)5-6-16-9(2)7-12/h9,15H,3-8H2,1-2H3/t9-,12-/m1/s1. The second-order valence-electron chi connectivity index (χ2n) is 4.89. The molecule has 2 heterocycles. The zero-order valence-electron chi connectivity index (χ0n) is 10.5. The first-order valence-electron chi connectivity index (χ1n) is 6.27. The van der Waals surface area contributed by atoms with E-state index in [0.717, 1.165) is 18.7 Å². The van der Waals surface area contributed by atoms with Gasteiger partial charge in [0.2, 0.25) is 5.89 Å². The van der Waals surface area contributed by atoms with Gasteiger partial charge in [0.15, 0.2) is 5.82 Å². The minimum atomic E-state index is -0.756. The fourth-order valence-electron chi connectivity index (χ4n) is 2.28. The molecule has 0 radical (unpaired) electrons. The zero-order chi connectivity index (χ0) is 12.3. The topological polar surface area (TPSA) is 68.4 Å². The van der Waals surface area contributed by atoms with Crippen molar-refractivity contribution in [3.63, 3.8) is 0 Å². The molecule has 0 spiro atoms. The van der Waals surface area contributed by atoms with Gasteiger partial charge in [-0.15, -0.1) is 0 Å². The Kier molecular flexibility index (Phi) is 3.79. The van der Waals surface area contributed by atoms with E-state index < -0.39 is 5.60 Å². The highest BCUT2D eigenvalue weighted by Gasteiger charge is 2.35. The van der Waals surface area contributed by atoms with Crippen LogP contribution < -0.4 is 0 Å². The molecule has 1 N–H and O–H groups in total. The minimum absolute atomic E-state index is 0.0896. The molecule has 0 aliphatic carbocycles. The van der Waals surface area contributed by atoms with Crippen LogP contribution in [0.1, 0.15) is 44.8 Å². The summed E-state index contributed by atoms with van der Waals surface area (Å²) < 4.78 is 10.6. The van der Waals surface area contributed by atoms with Crippen molar-refractivity contribution >= 4 is 0 Å². The fourth-order valence-corrected chi connectivity index (χ4v) is 2.28. The van der Waals surface area contributed by atoms with Crippen LogP contribution in [-0.2, 0) is 17.6 Å². The van der Waals surface area contributed by atoms with Gasteiger partial charge in [0.1, 0.15) is 0 Å². The van der Waals surface area contributed by atoms with E-state index in [1.165, 1.54) is 0 Å². The molecule has 0 amide bonds. The number of hydrogen-bond donors (Lipinski definition) is 1. The van der Waals surface area contributed by atoms with Crippen molar-refractivity contribution in [1.82, 2.24) is 10.1 Å². The predicted molar refractivity (Wildman–Crippen MR) is 61.6 cm³/mol. The molecule has 0 aromatic carbocycles. The average Bonchev–Trinajstić information content (AvgIpc) is 2.64. The second kappa shape index (κ2) is 5.14. The second-order valence-corrected chi connectivity index (χ2v) is 4.89. The van der Waals surface area contributed by atoms with Crippen molar-refractivity contribution in [3.8, 4) is 0 Å². The van der Waals surface area contributed by atoms with Gasteiger partial charge in [0.25, 0.3) is 0 Å². The average molecular weight is 240 g/mol. The van der Waals surface area contributed by atoms with E-state index >= 15 is 0 Å². The van der Waals surface area contributed by atoms with Gasteiger partial charge in [-0.2, -0.15) is 4.98 Å². The van der Waals surface area contributed by atoms with Gasteiger partial charge in [-0.1, -0.05) is 12.1 Å². The van der Waals surface area contributed by atoms with Gasteiger partial charge >= 0.3 is 0 Å². The number of ether oxygens (including phenoxy) is 1. The summed E-state index contributed by atoms with van der Waals surface area (Å²) in [5.41, 5.74) is -0.756. The van der Waals surface area contributed by atoms with E-state index in [2.05, 4.69) is 17.1 Å². The third-order valence-electron chi connectivity index (χ3n) is 3.10. The van der Waals surface area contributed by atoms with E-state index in [0.29, 0.717) is 31.8 Å². The van der Waals surface area contributed by atoms with E-state index in [1.54, 1.807) is 0 Å². The van der Waals surface area contributed by atoms with Crippen LogP contribution in [0.3, 0.4) is 0 Å². The third-order valence-corrected chi connectivity index (χ3v) is 3.10. The van der Waals surface area contributed by atoms with Crippen LogP contribution in [0.2, 0.25) is 0 Å². The molecule has 5 nitrogen and oxygen atoms in total. The number of aromatic nitrogens is 2. The van der Waals surface area contributed by atoms with Gasteiger partial charge in [-0.3, -0.25) is 0 Å². The van der Waals surface area contributed by atoms with Crippen LogP contribution in [0.5, 0.6) is 0 Å². The predicted octanol–water partition coefficient (Wildman–Crippen LogP) is 1.49. The lowest BCUT2D eigenvalue weighted by atomic mass is 9.88. The summed E-state index contributed by atoms with van der Waals surface area (Å²) in [6, 6.07) is 0. The number of nitrogens with zero attached hydrogens (tertiary/aromatic N) is 2. The largest absolute Gasteiger partial charge is 0.389 e. The lowest BCUT2D eigenvalue weighted by molar-refractivity contribution is -0.0987. The van der Waals surface area contributed by atoms with Gasteiger partial charge in [-0.05, 0) is 13.3 Å². The molecule has 96 valence electrons. The van der Waals surface area contributed by atoms with Crippen molar-refractivity contribution in [2.24, 2.45) is 0 Å². The quantitative estimate of drug-likeness (QED) is 0.863. The first-order chi connectivity index (χ1) is 8.11. The van der Waals surface area contributed by atoms with Crippen molar-refractivity contribution in [1.29, 1.82) is 0 Å². The Labute approximate surface area is 101 Å². The molecule has 1 aliphatic heterocycles. The van der Waals surface area contributed by atoms with Crippen molar-refractivity contribution in [2.45, 2.75) is 57.7 Å². The molecule has 1 aromatic heterocycles. The highest BCUT2D eigenvalue weighted by molar-refractivity contribution is 4.95. The summed E-state index contributed by atoms with van der Waals surface area (Å²) in [6.45, 7) is 4.64. The molecule has 0 unspecified atom stereocenters. The van der Waals surface area contributed by atoms with E-state index in [1.807, 2.05) is 6.92 Å². The summed E-state index contributed by atoms with van der Waals surface area (Å²) in [4.78, 5) is 4.29. The SMILES string of the molecule is CCCc1noc(C[C@@]2(O)CCO[C@H](C)C2)n1. The number of aryl methyl sites for hydroxylation is 1. The molecule has 2 rings (SSSR count). The Morgan fingerprint density at radius 2 is 2.35 bits per heavy atom. The van der Waals surface area contributed by atoms with Gasteiger partial charge in [-0.25, -0.2) is 0 Å². The normalized spacial score (nSPS) is 29.5. The molecule has 1 aliphatic rings. The number of aliphatic hydroxyl groups is 1. The molecular weight excluding hydrogens is 220 g/mol. The molecule has 1 aromatic rings. The zero-order valence-corrected chi connectivity index (χ0v) is 10.5. The summed E-state index contributed by atoms with van der Waals surface area (Å²) >= 11 is 0. The summed E-state index contributed by atoms with van der Waals surface area (Å²) in [7, 11) is 0. The Morgan fingerprint density at radius 1 is 1.53 bits per heavy atom. The maximum absolute atomic E-state index is 10.4. The van der Waals surface area contributed by atoms with Crippen molar-refractivity contribution in [3.05, 3.63) is 11.7 Å². The summed E-state index contributed by atoms with van der Waals surface area (Å²) in [6.07, 6.45) is 3.58. The van der Waals surface area contributed by atoms with Crippen molar-refractivity contribution < 1.29 is 14.4 Å². The van der Waals surface area contributed by atoms with Gasteiger partial charge in [0, 0.05) is 25.9 Å². The fraction of sp³-hybridized carbons (Fsp3) is 0.833.